The topological polar surface area (TPSA) is 20.3 Å². The lowest BCUT2D eigenvalue weighted by Crippen LogP contribution is -2.81. The number of piperidine rings is 2. The summed E-state index contributed by atoms with van der Waals surface area (Å²) in [7, 11) is 0. The molecule has 0 aromatic heterocycles. The molecule has 4 aliphatic heterocycles. The minimum atomic E-state index is -0.127. The minimum absolute atomic E-state index is 0.127. The van der Waals surface area contributed by atoms with E-state index in [1.165, 1.54) is 5.56 Å². The summed E-state index contributed by atoms with van der Waals surface area (Å²) in [4.78, 5) is 15.3. The Labute approximate surface area is 120 Å². The summed E-state index contributed by atoms with van der Waals surface area (Å²) < 4.78 is 1.07. The maximum Gasteiger partial charge on any atom is 0.158 e. The molecule has 5 rings (SSSR count). The van der Waals surface area contributed by atoms with Crippen molar-refractivity contribution in [3.63, 3.8) is 0 Å². The number of Topliss-reactive ketones (excluding diaryl/α,β-unsaturated/α-hetero) is 1. The highest BCUT2D eigenvalue weighted by Crippen LogP contribution is 2.50. The molecule has 0 spiro atoms. The van der Waals surface area contributed by atoms with Gasteiger partial charge in [0.15, 0.2) is 5.78 Å². The highest BCUT2D eigenvalue weighted by atomic mass is 16.1. The van der Waals surface area contributed by atoms with Gasteiger partial charge in [-0.3, -0.25) is 9.69 Å². The molecule has 3 nitrogen and oxygen atoms in total. The first-order valence-electron chi connectivity index (χ1n) is 7.60. The van der Waals surface area contributed by atoms with E-state index in [0.29, 0.717) is 5.78 Å². The molecule has 20 heavy (non-hydrogen) atoms. The summed E-state index contributed by atoms with van der Waals surface area (Å²) in [5, 5.41) is 0. The monoisotopic (exact) mass is 271 g/mol. The van der Waals surface area contributed by atoms with Crippen molar-refractivity contribution in [3.05, 3.63) is 35.9 Å². The Bertz CT molecular complexity index is 546. The molecule has 106 valence electrons. The quantitative estimate of drug-likeness (QED) is 0.766. The largest absolute Gasteiger partial charge is 0.306 e. The molecule has 0 amide bonds. The van der Waals surface area contributed by atoms with Gasteiger partial charge in [0, 0.05) is 18.7 Å². The van der Waals surface area contributed by atoms with E-state index in [9.17, 15) is 4.79 Å². The fourth-order valence-electron chi connectivity index (χ4n) is 5.45. The van der Waals surface area contributed by atoms with Crippen molar-refractivity contribution in [1.29, 1.82) is 0 Å². The number of nitrogens with zero attached hydrogens (tertiary/aromatic N) is 2. The molecule has 4 bridgehead atoms. The fourth-order valence-corrected chi connectivity index (χ4v) is 5.45. The molecule has 2 atom stereocenters. The Morgan fingerprint density at radius 2 is 1.70 bits per heavy atom. The van der Waals surface area contributed by atoms with Gasteiger partial charge in [0.2, 0.25) is 0 Å². The lowest BCUT2D eigenvalue weighted by molar-refractivity contribution is -0.975. The Morgan fingerprint density at radius 3 is 2.30 bits per heavy atom. The SMILES string of the molecule is CC12CN3CC(C)(C[N+](Cc4ccccc4)(C3)C1)C2=O. The Hall–Kier alpha value is -1.19. The van der Waals surface area contributed by atoms with Gasteiger partial charge in [-0.15, -0.1) is 0 Å². The van der Waals surface area contributed by atoms with Crippen LogP contribution in [0.5, 0.6) is 0 Å². The Balaban J connectivity index is 1.72. The van der Waals surface area contributed by atoms with E-state index in [2.05, 4.69) is 49.1 Å². The third kappa shape index (κ3) is 1.63. The first-order chi connectivity index (χ1) is 9.43. The molecular formula is C17H23N2O+. The van der Waals surface area contributed by atoms with Gasteiger partial charge in [0.1, 0.15) is 13.2 Å². The zero-order valence-corrected chi connectivity index (χ0v) is 12.4. The van der Waals surface area contributed by atoms with E-state index in [1.54, 1.807) is 0 Å². The highest BCUT2D eigenvalue weighted by Gasteiger charge is 2.66. The number of quaternary nitrogens is 1. The maximum atomic E-state index is 12.8. The molecule has 2 unspecified atom stereocenters. The number of benzene rings is 1. The van der Waals surface area contributed by atoms with E-state index < -0.39 is 0 Å². The molecule has 4 aliphatic rings. The molecular weight excluding hydrogens is 248 g/mol. The molecule has 0 saturated carbocycles. The van der Waals surface area contributed by atoms with Gasteiger partial charge < -0.3 is 4.48 Å². The third-order valence-corrected chi connectivity index (χ3v) is 5.47. The molecule has 1 aromatic rings. The van der Waals surface area contributed by atoms with Crippen LogP contribution < -0.4 is 0 Å². The van der Waals surface area contributed by atoms with E-state index in [1.807, 2.05) is 0 Å². The van der Waals surface area contributed by atoms with Crippen LogP contribution in [0.15, 0.2) is 30.3 Å². The number of carbonyl (C=O) groups excluding carboxylic acids is 1. The van der Waals surface area contributed by atoms with Gasteiger partial charge in [0.25, 0.3) is 0 Å². The van der Waals surface area contributed by atoms with Crippen LogP contribution in [-0.2, 0) is 11.3 Å². The molecule has 4 heterocycles. The van der Waals surface area contributed by atoms with Crippen molar-refractivity contribution in [2.45, 2.75) is 20.4 Å². The molecule has 1 aromatic carbocycles. The van der Waals surface area contributed by atoms with Gasteiger partial charge in [-0.2, -0.15) is 0 Å². The van der Waals surface area contributed by atoms with E-state index in [4.69, 9.17) is 0 Å². The van der Waals surface area contributed by atoms with E-state index >= 15 is 0 Å². The van der Waals surface area contributed by atoms with Gasteiger partial charge in [-0.05, 0) is 13.8 Å². The molecule has 3 heteroatoms. The summed E-state index contributed by atoms with van der Waals surface area (Å²) in [6.07, 6.45) is 0. The van der Waals surface area contributed by atoms with Gasteiger partial charge in [-0.25, -0.2) is 0 Å². The van der Waals surface area contributed by atoms with Crippen molar-refractivity contribution < 1.29 is 9.28 Å². The number of hydrogen-bond donors (Lipinski definition) is 0. The van der Waals surface area contributed by atoms with E-state index in [0.717, 1.165) is 43.9 Å². The second kappa shape index (κ2) is 3.71. The minimum Gasteiger partial charge on any atom is -0.306 e. The maximum absolute atomic E-state index is 12.8. The number of carbonyl (C=O) groups is 1. The van der Waals surface area contributed by atoms with Crippen LogP contribution in [0.3, 0.4) is 0 Å². The average molecular weight is 271 g/mol. The predicted molar refractivity (Wildman–Crippen MR) is 77.8 cm³/mol. The summed E-state index contributed by atoms with van der Waals surface area (Å²) in [6.45, 7) is 10.5. The zero-order chi connectivity index (χ0) is 14.0. The van der Waals surface area contributed by atoms with Crippen molar-refractivity contribution in [2.24, 2.45) is 10.8 Å². The van der Waals surface area contributed by atoms with Crippen LogP contribution >= 0.6 is 0 Å². The molecule has 4 saturated heterocycles. The first-order valence-corrected chi connectivity index (χ1v) is 7.60. The van der Waals surface area contributed by atoms with Crippen molar-refractivity contribution >= 4 is 5.78 Å². The van der Waals surface area contributed by atoms with Crippen LogP contribution in [-0.4, -0.2) is 48.0 Å². The average Bonchev–Trinajstić information content (AvgIpc) is 2.35. The third-order valence-electron chi connectivity index (χ3n) is 5.47. The lowest BCUT2D eigenvalue weighted by Gasteiger charge is -2.65. The smallest absolute Gasteiger partial charge is 0.158 e. The first kappa shape index (κ1) is 12.5. The van der Waals surface area contributed by atoms with Crippen LogP contribution in [0.4, 0.5) is 0 Å². The zero-order valence-electron chi connectivity index (χ0n) is 12.4. The van der Waals surface area contributed by atoms with Gasteiger partial charge in [0.05, 0.1) is 23.9 Å². The second-order valence-corrected chi connectivity index (χ2v) is 7.88. The number of hydrogen-bond acceptors (Lipinski definition) is 2. The Kier molecular flexibility index (Phi) is 2.33. The van der Waals surface area contributed by atoms with Crippen LogP contribution in [0, 0.1) is 10.8 Å². The van der Waals surface area contributed by atoms with Crippen molar-refractivity contribution in [2.75, 3.05) is 32.8 Å². The standard InChI is InChI=1S/C17H23N2O/c1-16-9-18-10-17(2,15(16)20)12-19(11-16,13-18)8-14-6-4-3-5-7-14/h3-7H,8-13H2,1-2H3/q+1. The molecule has 0 radical (unpaired) electrons. The van der Waals surface area contributed by atoms with Crippen molar-refractivity contribution in [3.8, 4) is 0 Å². The van der Waals surface area contributed by atoms with Gasteiger partial charge >= 0.3 is 0 Å². The second-order valence-electron chi connectivity index (χ2n) is 7.88. The number of rotatable bonds is 2. The van der Waals surface area contributed by atoms with Crippen molar-refractivity contribution in [1.82, 2.24) is 4.90 Å². The van der Waals surface area contributed by atoms with E-state index in [-0.39, 0.29) is 10.8 Å². The predicted octanol–water partition coefficient (Wildman–Crippen LogP) is 1.89. The molecule has 0 N–H and O–H groups in total. The summed E-state index contributed by atoms with van der Waals surface area (Å²) in [5.41, 5.74) is 1.15. The lowest BCUT2D eigenvalue weighted by atomic mass is 9.61. The molecule has 4 fully saturated rings. The van der Waals surface area contributed by atoms with Crippen LogP contribution in [0.2, 0.25) is 0 Å². The summed E-state index contributed by atoms with van der Waals surface area (Å²) in [6, 6.07) is 10.8. The highest BCUT2D eigenvalue weighted by molar-refractivity contribution is 5.92. The van der Waals surface area contributed by atoms with Gasteiger partial charge in [-0.1, -0.05) is 30.3 Å². The summed E-state index contributed by atoms with van der Waals surface area (Å²) in [5.74, 6) is 0.516. The van der Waals surface area contributed by atoms with Crippen LogP contribution in [0.25, 0.3) is 0 Å². The fraction of sp³-hybridized carbons (Fsp3) is 0.588. The normalized spacial score (nSPS) is 45.9. The Morgan fingerprint density at radius 1 is 1.10 bits per heavy atom. The molecule has 0 aliphatic carbocycles. The van der Waals surface area contributed by atoms with Crippen LogP contribution in [0.1, 0.15) is 19.4 Å². The summed E-state index contributed by atoms with van der Waals surface area (Å²) >= 11 is 0. The number of ketones is 1.